The third-order valence-electron chi connectivity index (χ3n) is 3.22. The van der Waals surface area contributed by atoms with E-state index in [9.17, 15) is 9.90 Å². The molecule has 0 aliphatic carbocycles. The summed E-state index contributed by atoms with van der Waals surface area (Å²) in [7, 11) is 0. The molecule has 0 fully saturated rings. The van der Waals surface area contributed by atoms with Crippen LogP contribution in [-0.2, 0) is 6.42 Å². The maximum absolute atomic E-state index is 12.1. The van der Waals surface area contributed by atoms with Crippen molar-refractivity contribution in [3.63, 3.8) is 0 Å². The van der Waals surface area contributed by atoms with Crippen LogP contribution in [0.1, 0.15) is 15.9 Å². The topological polar surface area (TPSA) is 40.5 Å². The van der Waals surface area contributed by atoms with Gasteiger partial charge in [0.25, 0.3) is 0 Å². The molecule has 0 atom stereocenters. The highest BCUT2D eigenvalue weighted by Gasteiger charge is 2.11. The highest BCUT2D eigenvalue weighted by Crippen LogP contribution is 2.04. The normalized spacial score (nSPS) is 10.7. The Morgan fingerprint density at radius 3 is 2.15 bits per heavy atom. The SMILES string of the molecule is O=C(CN(CO)CCc1ccccc1)c1ccccc1. The van der Waals surface area contributed by atoms with E-state index in [1.807, 2.05) is 36.4 Å². The zero-order valence-corrected chi connectivity index (χ0v) is 11.4. The molecule has 0 radical (unpaired) electrons. The smallest absolute Gasteiger partial charge is 0.176 e. The molecule has 2 rings (SSSR count). The molecule has 3 heteroatoms. The van der Waals surface area contributed by atoms with Crippen LogP contribution in [0.2, 0.25) is 0 Å². The quantitative estimate of drug-likeness (QED) is 0.619. The summed E-state index contributed by atoms with van der Waals surface area (Å²) in [6.45, 7) is 0.803. The lowest BCUT2D eigenvalue weighted by atomic mass is 10.1. The van der Waals surface area contributed by atoms with Gasteiger partial charge in [-0.1, -0.05) is 60.7 Å². The molecule has 20 heavy (non-hydrogen) atoms. The second-order valence-electron chi connectivity index (χ2n) is 4.72. The Labute approximate surface area is 119 Å². The van der Waals surface area contributed by atoms with Crippen molar-refractivity contribution in [1.29, 1.82) is 0 Å². The molecule has 0 saturated carbocycles. The minimum atomic E-state index is -0.106. The van der Waals surface area contributed by atoms with E-state index in [-0.39, 0.29) is 19.1 Å². The van der Waals surface area contributed by atoms with Crippen molar-refractivity contribution >= 4 is 5.78 Å². The van der Waals surface area contributed by atoms with E-state index in [1.165, 1.54) is 5.56 Å². The first-order valence-electron chi connectivity index (χ1n) is 6.75. The first kappa shape index (κ1) is 14.4. The van der Waals surface area contributed by atoms with Crippen LogP contribution in [-0.4, -0.2) is 35.6 Å². The Kier molecular flexibility index (Phi) is 5.47. The van der Waals surface area contributed by atoms with Gasteiger partial charge in [0, 0.05) is 12.1 Å². The zero-order valence-electron chi connectivity index (χ0n) is 11.4. The lowest BCUT2D eigenvalue weighted by molar-refractivity contribution is 0.0773. The number of carbonyl (C=O) groups excluding carboxylic acids is 1. The first-order valence-corrected chi connectivity index (χ1v) is 6.75. The van der Waals surface area contributed by atoms with Gasteiger partial charge in [0.15, 0.2) is 5.78 Å². The van der Waals surface area contributed by atoms with Crippen LogP contribution in [0.15, 0.2) is 60.7 Å². The van der Waals surface area contributed by atoms with E-state index in [2.05, 4.69) is 12.1 Å². The molecule has 104 valence electrons. The van der Waals surface area contributed by atoms with E-state index >= 15 is 0 Å². The third-order valence-corrected chi connectivity index (χ3v) is 3.22. The Balaban J connectivity index is 1.88. The summed E-state index contributed by atoms with van der Waals surface area (Å²) in [6, 6.07) is 19.2. The molecule has 3 nitrogen and oxygen atoms in total. The Hall–Kier alpha value is -1.97. The van der Waals surface area contributed by atoms with Gasteiger partial charge in [-0.15, -0.1) is 0 Å². The van der Waals surface area contributed by atoms with Gasteiger partial charge in [-0.05, 0) is 12.0 Å². The van der Waals surface area contributed by atoms with Gasteiger partial charge < -0.3 is 5.11 Å². The number of Topliss-reactive ketones (excluding diaryl/α,β-unsaturated/α-hetero) is 1. The van der Waals surface area contributed by atoms with Gasteiger partial charge in [0.05, 0.1) is 13.3 Å². The fourth-order valence-electron chi connectivity index (χ4n) is 2.05. The summed E-state index contributed by atoms with van der Waals surface area (Å²) in [5, 5.41) is 9.37. The van der Waals surface area contributed by atoms with Gasteiger partial charge >= 0.3 is 0 Å². The van der Waals surface area contributed by atoms with E-state index in [4.69, 9.17) is 0 Å². The second kappa shape index (κ2) is 7.58. The summed E-state index contributed by atoms with van der Waals surface area (Å²) in [4.78, 5) is 13.8. The Morgan fingerprint density at radius 1 is 0.950 bits per heavy atom. The maximum atomic E-state index is 12.1. The van der Waals surface area contributed by atoms with Crippen molar-refractivity contribution in [2.75, 3.05) is 19.8 Å². The number of benzene rings is 2. The van der Waals surface area contributed by atoms with Crippen molar-refractivity contribution in [3.05, 3.63) is 71.8 Å². The predicted octanol–water partition coefficient (Wildman–Crippen LogP) is 2.36. The van der Waals surface area contributed by atoms with Crippen LogP contribution in [0.5, 0.6) is 0 Å². The molecular formula is C17H19NO2. The molecule has 1 N–H and O–H groups in total. The molecule has 0 aliphatic rings. The molecule has 0 bridgehead atoms. The summed E-state index contributed by atoms with van der Waals surface area (Å²) in [5.74, 6) is 0.0349. The number of hydrogen-bond acceptors (Lipinski definition) is 3. The Morgan fingerprint density at radius 2 is 1.55 bits per heavy atom. The lowest BCUT2D eigenvalue weighted by Crippen LogP contribution is -2.32. The van der Waals surface area contributed by atoms with E-state index in [0.717, 1.165) is 6.42 Å². The van der Waals surface area contributed by atoms with Gasteiger partial charge in [-0.2, -0.15) is 0 Å². The second-order valence-corrected chi connectivity index (χ2v) is 4.72. The van der Waals surface area contributed by atoms with Gasteiger partial charge in [0.2, 0.25) is 0 Å². The molecule has 2 aromatic rings. The molecule has 2 aromatic carbocycles. The minimum Gasteiger partial charge on any atom is -0.381 e. The third kappa shape index (κ3) is 4.30. The van der Waals surface area contributed by atoms with Crippen LogP contribution < -0.4 is 0 Å². The highest BCUT2D eigenvalue weighted by atomic mass is 16.3. The molecule has 0 spiro atoms. The van der Waals surface area contributed by atoms with Gasteiger partial charge in [-0.25, -0.2) is 0 Å². The standard InChI is InChI=1S/C17H19NO2/c19-14-18(12-11-15-7-3-1-4-8-15)13-17(20)16-9-5-2-6-10-16/h1-10,19H,11-14H2. The van der Waals surface area contributed by atoms with Crippen molar-refractivity contribution in [3.8, 4) is 0 Å². The lowest BCUT2D eigenvalue weighted by Gasteiger charge is -2.18. The zero-order chi connectivity index (χ0) is 14.2. The monoisotopic (exact) mass is 269 g/mol. The van der Waals surface area contributed by atoms with Crippen LogP contribution in [0.3, 0.4) is 0 Å². The largest absolute Gasteiger partial charge is 0.381 e. The molecule has 0 saturated heterocycles. The maximum Gasteiger partial charge on any atom is 0.176 e. The van der Waals surface area contributed by atoms with Crippen LogP contribution >= 0.6 is 0 Å². The number of ketones is 1. The summed E-state index contributed by atoms with van der Waals surface area (Å²) >= 11 is 0. The number of aliphatic hydroxyl groups is 1. The van der Waals surface area contributed by atoms with Crippen LogP contribution in [0.25, 0.3) is 0 Å². The number of hydrogen-bond donors (Lipinski definition) is 1. The van der Waals surface area contributed by atoms with Crippen molar-refractivity contribution in [1.82, 2.24) is 4.90 Å². The van der Waals surface area contributed by atoms with Crippen LogP contribution in [0, 0.1) is 0 Å². The first-order chi connectivity index (χ1) is 9.79. The molecule has 0 unspecified atom stereocenters. The molecule has 0 amide bonds. The fourth-order valence-corrected chi connectivity index (χ4v) is 2.05. The van der Waals surface area contributed by atoms with E-state index < -0.39 is 0 Å². The molecular weight excluding hydrogens is 250 g/mol. The highest BCUT2D eigenvalue weighted by molar-refractivity contribution is 5.97. The number of carbonyl (C=O) groups is 1. The summed E-state index contributed by atoms with van der Waals surface area (Å²) in [5.41, 5.74) is 1.89. The molecule has 0 heterocycles. The summed E-state index contributed by atoms with van der Waals surface area (Å²) < 4.78 is 0. The van der Waals surface area contributed by atoms with Crippen molar-refractivity contribution < 1.29 is 9.90 Å². The van der Waals surface area contributed by atoms with E-state index in [0.29, 0.717) is 12.1 Å². The average molecular weight is 269 g/mol. The predicted molar refractivity (Wildman–Crippen MR) is 79.6 cm³/mol. The number of rotatable bonds is 7. The minimum absolute atomic E-state index is 0.0349. The van der Waals surface area contributed by atoms with Crippen LogP contribution in [0.4, 0.5) is 0 Å². The Bertz CT molecular complexity index is 525. The summed E-state index contributed by atoms with van der Waals surface area (Å²) in [6.07, 6.45) is 0.823. The van der Waals surface area contributed by atoms with Gasteiger partial charge in [0.1, 0.15) is 0 Å². The van der Waals surface area contributed by atoms with E-state index in [1.54, 1.807) is 17.0 Å². The average Bonchev–Trinajstić information content (AvgIpc) is 2.53. The van der Waals surface area contributed by atoms with Gasteiger partial charge in [-0.3, -0.25) is 9.69 Å². The van der Waals surface area contributed by atoms with Crippen molar-refractivity contribution in [2.45, 2.75) is 6.42 Å². The fraction of sp³-hybridized carbons (Fsp3) is 0.235. The number of nitrogens with zero attached hydrogens (tertiary/aromatic N) is 1. The van der Waals surface area contributed by atoms with Crippen molar-refractivity contribution in [2.24, 2.45) is 0 Å². The molecule has 0 aliphatic heterocycles. The molecule has 0 aromatic heterocycles. The number of aliphatic hydroxyl groups excluding tert-OH is 1.